The number of para-hydroxylation sites is 1. The Balaban J connectivity index is 1.97. The summed E-state index contributed by atoms with van der Waals surface area (Å²) in [6, 6.07) is 4.89. The summed E-state index contributed by atoms with van der Waals surface area (Å²) in [4.78, 5) is 25.4. The predicted octanol–water partition coefficient (Wildman–Crippen LogP) is 1.11. The normalized spacial score (nSPS) is 15.8. The lowest BCUT2D eigenvalue weighted by atomic mass is 10.0. The number of aromatic hydroxyl groups is 1. The number of nitrogens with two attached hydrogens (primary N) is 1. The van der Waals surface area contributed by atoms with Gasteiger partial charge in [-0.05, 0) is 25.0 Å². The second kappa shape index (κ2) is 6.47. The molecule has 1 heterocycles. The lowest BCUT2D eigenvalue weighted by molar-refractivity contribution is -0.121. The number of phenols is 1. The van der Waals surface area contributed by atoms with Crippen molar-refractivity contribution in [3.63, 3.8) is 0 Å². The second-order valence-electron chi connectivity index (χ2n) is 5.23. The molecule has 0 spiro atoms. The first-order valence-electron chi connectivity index (χ1n) is 7.19. The third kappa shape index (κ3) is 3.45. The fourth-order valence-corrected chi connectivity index (χ4v) is 2.46. The molecule has 0 aliphatic carbocycles. The molecule has 0 bridgehead atoms. The number of nitrogens with one attached hydrogen (secondary N) is 1. The van der Waals surface area contributed by atoms with Gasteiger partial charge >= 0.3 is 0 Å². The number of nitrogen functional groups attached to an aromatic ring is 1. The van der Waals surface area contributed by atoms with Crippen molar-refractivity contribution in [3.8, 4) is 5.75 Å². The van der Waals surface area contributed by atoms with E-state index in [1.807, 2.05) is 6.92 Å². The predicted molar refractivity (Wildman–Crippen MR) is 79.9 cm³/mol. The summed E-state index contributed by atoms with van der Waals surface area (Å²) in [5.41, 5.74) is 6.04. The Morgan fingerprint density at radius 3 is 2.67 bits per heavy atom. The van der Waals surface area contributed by atoms with E-state index in [9.17, 15) is 14.7 Å². The molecule has 1 fully saturated rings. The zero-order valence-electron chi connectivity index (χ0n) is 12.1. The van der Waals surface area contributed by atoms with Crippen LogP contribution >= 0.6 is 0 Å². The average molecular weight is 291 g/mol. The lowest BCUT2D eigenvalue weighted by Crippen LogP contribution is -2.46. The Labute approximate surface area is 123 Å². The fourth-order valence-electron chi connectivity index (χ4n) is 2.46. The molecule has 0 aromatic heterocycles. The minimum Gasteiger partial charge on any atom is -0.505 e. The van der Waals surface area contributed by atoms with E-state index in [2.05, 4.69) is 5.32 Å². The zero-order chi connectivity index (χ0) is 15.4. The summed E-state index contributed by atoms with van der Waals surface area (Å²) in [6.45, 7) is 2.93. The van der Waals surface area contributed by atoms with Gasteiger partial charge in [0, 0.05) is 25.6 Å². The molecule has 114 valence electrons. The van der Waals surface area contributed by atoms with E-state index in [1.165, 1.54) is 0 Å². The fraction of sp³-hybridized carbons (Fsp3) is 0.467. The molecule has 0 atom stereocenters. The molecule has 1 aliphatic rings. The molecule has 2 amide bonds. The van der Waals surface area contributed by atoms with Crippen LogP contribution in [0, 0.1) is 0 Å². The van der Waals surface area contributed by atoms with Gasteiger partial charge in [-0.2, -0.15) is 0 Å². The number of hydrogen-bond acceptors (Lipinski definition) is 4. The Morgan fingerprint density at radius 2 is 2.05 bits per heavy atom. The van der Waals surface area contributed by atoms with E-state index in [0.29, 0.717) is 19.5 Å². The van der Waals surface area contributed by atoms with E-state index in [1.54, 1.807) is 23.1 Å². The minimum atomic E-state index is -0.222. The smallest absolute Gasteiger partial charge is 0.257 e. The van der Waals surface area contributed by atoms with Crippen LogP contribution in [0.25, 0.3) is 0 Å². The maximum Gasteiger partial charge on any atom is 0.257 e. The van der Waals surface area contributed by atoms with Crippen molar-refractivity contribution in [1.29, 1.82) is 0 Å². The molecule has 4 N–H and O–H groups in total. The van der Waals surface area contributed by atoms with E-state index in [0.717, 1.165) is 12.8 Å². The van der Waals surface area contributed by atoms with Crippen molar-refractivity contribution in [1.82, 2.24) is 10.2 Å². The van der Waals surface area contributed by atoms with Crippen LogP contribution in [0.5, 0.6) is 5.75 Å². The van der Waals surface area contributed by atoms with Crippen molar-refractivity contribution in [2.45, 2.75) is 32.2 Å². The highest BCUT2D eigenvalue weighted by atomic mass is 16.3. The monoisotopic (exact) mass is 291 g/mol. The Kier molecular flexibility index (Phi) is 4.67. The van der Waals surface area contributed by atoms with Gasteiger partial charge in [-0.1, -0.05) is 13.0 Å². The zero-order valence-corrected chi connectivity index (χ0v) is 12.1. The summed E-state index contributed by atoms with van der Waals surface area (Å²) >= 11 is 0. The first-order valence-corrected chi connectivity index (χ1v) is 7.19. The topological polar surface area (TPSA) is 95.7 Å². The molecule has 1 saturated heterocycles. The molecule has 6 nitrogen and oxygen atoms in total. The van der Waals surface area contributed by atoms with Crippen LogP contribution in [0.3, 0.4) is 0 Å². The molecule has 0 radical (unpaired) electrons. The van der Waals surface area contributed by atoms with Crippen molar-refractivity contribution in [2.75, 3.05) is 18.8 Å². The van der Waals surface area contributed by atoms with Gasteiger partial charge in [0.15, 0.2) is 5.75 Å². The number of benzene rings is 1. The van der Waals surface area contributed by atoms with Crippen LogP contribution in [0.4, 0.5) is 5.69 Å². The molecule has 1 aromatic rings. The van der Waals surface area contributed by atoms with Crippen LogP contribution in [0.15, 0.2) is 18.2 Å². The number of phenolic OH excluding ortho intramolecular Hbond substituents is 1. The maximum absolute atomic E-state index is 12.4. The highest BCUT2D eigenvalue weighted by Crippen LogP contribution is 2.26. The number of carbonyl (C=O) groups is 2. The van der Waals surface area contributed by atoms with Crippen LogP contribution in [-0.4, -0.2) is 41.0 Å². The van der Waals surface area contributed by atoms with Crippen molar-refractivity contribution in [3.05, 3.63) is 23.8 Å². The minimum absolute atomic E-state index is 0.0354. The Bertz CT molecular complexity index is 537. The van der Waals surface area contributed by atoms with Crippen LogP contribution in [0.2, 0.25) is 0 Å². The van der Waals surface area contributed by atoms with Crippen molar-refractivity contribution in [2.24, 2.45) is 0 Å². The highest BCUT2D eigenvalue weighted by molar-refractivity contribution is 5.98. The number of rotatable bonds is 3. The number of piperidine rings is 1. The average Bonchev–Trinajstić information content (AvgIpc) is 2.50. The first kappa shape index (κ1) is 15.2. The third-order valence-electron chi connectivity index (χ3n) is 3.77. The maximum atomic E-state index is 12.4. The van der Waals surface area contributed by atoms with Gasteiger partial charge in [-0.15, -0.1) is 0 Å². The molecule has 1 aliphatic heterocycles. The first-order chi connectivity index (χ1) is 10.0. The van der Waals surface area contributed by atoms with E-state index in [-0.39, 0.29) is 34.9 Å². The van der Waals surface area contributed by atoms with E-state index < -0.39 is 0 Å². The Hall–Kier alpha value is -2.24. The van der Waals surface area contributed by atoms with Crippen LogP contribution < -0.4 is 11.1 Å². The number of likely N-dealkylation sites (tertiary alicyclic amines) is 1. The molecular weight excluding hydrogens is 270 g/mol. The number of anilines is 1. The molecule has 2 rings (SSSR count). The standard InChI is InChI=1S/C15H21N3O3/c1-2-13(19)17-10-6-8-18(9-7-10)15(21)11-4-3-5-12(16)14(11)20/h3-5,10,20H,2,6-9,16H2,1H3,(H,17,19). The second-order valence-corrected chi connectivity index (χ2v) is 5.23. The third-order valence-corrected chi connectivity index (χ3v) is 3.77. The molecule has 6 heteroatoms. The molecule has 1 aromatic carbocycles. The number of carbonyl (C=O) groups excluding carboxylic acids is 2. The number of nitrogens with zero attached hydrogens (tertiary/aromatic N) is 1. The molecule has 21 heavy (non-hydrogen) atoms. The largest absolute Gasteiger partial charge is 0.505 e. The number of amides is 2. The van der Waals surface area contributed by atoms with Gasteiger partial charge in [-0.25, -0.2) is 0 Å². The van der Waals surface area contributed by atoms with Crippen LogP contribution in [0.1, 0.15) is 36.5 Å². The van der Waals surface area contributed by atoms with Crippen molar-refractivity contribution < 1.29 is 14.7 Å². The van der Waals surface area contributed by atoms with Gasteiger partial charge in [-0.3, -0.25) is 9.59 Å². The summed E-state index contributed by atoms with van der Waals surface area (Å²) in [5, 5.41) is 12.8. The van der Waals surface area contributed by atoms with Crippen molar-refractivity contribution >= 4 is 17.5 Å². The van der Waals surface area contributed by atoms with Gasteiger partial charge in [0.05, 0.1) is 11.3 Å². The van der Waals surface area contributed by atoms with E-state index in [4.69, 9.17) is 5.73 Å². The summed E-state index contributed by atoms with van der Waals surface area (Å²) in [6.07, 6.45) is 1.91. The summed E-state index contributed by atoms with van der Waals surface area (Å²) < 4.78 is 0. The number of hydrogen-bond donors (Lipinski definition) is 3. The summed E-state index contributed by atoms with van der Waals surface area (Å²) in [5.74, 6) is -0.350. The lowest BCUT2D eigenvalue weighted by Gasteiger charge is -2.32. The quantitative estimate of drug-likeness (QED) is 0.574. The SMILES string of the molecule is CCC(=O)NC1CCN(C(=O)c2cccc(N)c2O)CC1. The van der Waals surface area contributed by atoms with E-state index >= 15 is 0 Å². The molecule has 0 unspecified atom stereocenters. The Morgan fingerprint density at radius 1 is 1.38 bits per heavy atom. The molecular formula is C15H21N3O3. The van der Waals surface area contributed by atoms with Gasteiger partial charge < -0.3 is 21.1 Å². The summed E-state index contributed by atoms with van der Waals surface area (Å²) in [7, 11) is 0. The highest BCUT2D eigenvalue weighted by Gasteiger charge is 2.26. The van der Waals surface area contributed by atoms with Gasteiger partial charge in [0.1, 0.15) is 0 Å². The van der Waals surface area contributed by atoms with Crippen LogP contribution in [-0.2, 0) is 4.79 Å². The molecule has 0 saturated carbocycles. The van der Waals surface area contributed by atoms with Gasteiger partial charge in [0.2, 0.25) is 5.91 Å². The van der Waals surface area contributed by atoms with Gasteiger partial charge in [0.25, 0.3) is 5.91 Å².